The van der Waals surface area contributed by atoms with E-state index in [4.69, 9.17) is 0 Å². The molecule has 2 N–H and O–H groups in total. The van der Waals surface area contributed by atoms with Crippen LogP contribution < -0.4 is 10.6 Å². The first kappa shape index (κ1) is 14.0. The third-order valence-corrected chi connectivity index (χ3v) is 3.47. The second-order valence-electron chi connectivity index (χ2n) is 6.71. The van der Waals surface area contributed by atoms with E-state index in [0.29, 0.717) is 5.56 Å². The summed E-state index contributed by atoms with van der Waals surface area (Å²) in [5.74, 6) is -0.0131. The molecule has 1 saturated heterocycles. The average Bonchev–Trinajstić information content (AvgIpc) is 2.25. The zero-order valence-corrected chi connectivity index (χ0v) is 12.2. The molecular weight excluding hydrogens is 238 g/mol. The number of amides is 1. The van der Waals surface area contributed by atoms with Crippen molar-refractivity contribution in [2.75, 3.05) is 0 Å². The average molecular weight is 261 g/mol. The van der Waals surface area contributed by atoms with Gasteiger partial charge in [0.25, 0.3) is 5.91 Å². The largest absolute Gasteiger partial charge is 0.349 e. The third-order valence-electron chi connectivity index (χ3n) is 3.47. The van der Waals surface area contributed by atoms with Crippen LogP contribution in [0.3, 0.4) is 0 Å². The number of piperidine rings is 1. The number of pyridine rings is 1. The van der Waals surface area contributed by atoms with Crippen molar-refractivity contribution in [2.45, 2.75) is 57.7 Å². The molecule has 2 rings (SSSR count). The van der Waals surface area contributed by atoms with Crippen LogP contribution in [0.2, 0.25) is 0 Å². The van der Waals surface area contributed by atoms with E-state index in [1.165, 1.54) is 0 Å². The van der Waals surface area contributed by atoms with E-state index in [1.807, 2.05) is 0 Å². The van der Waals surface area contributed by atoms with Crippen LogP contribution in [-0.4, -0.2) is 28.0 Å². The van der Waals surface area contributed by atoms with Gasteiger partial charge in [-0.05, 0) is 52.7 Å². The minimum atomic E-state index is -0.0131. The number of carbonyl (C=O) groups is 1. The molecule has 0 bridgehead atoms. The van der Waals surface area contributed by atoms with Gasteiger partial charge in [0.15, 0.2) is 0 Å². The third kappa shape index (κ3) is 3.77. The maximum atomic E-state index is 12.2. The predicted octanol–water partition coefficient (Wildman–Crippen LogP) is 2.12. The van der Waals surface area contributed by atoms with Gasteiger partial charge in [0.1, 0.15) is 0 Å². The molecular formula is C15H23N3O. The molecule has 0 saturated carbocycles. The second-order valence-corrected chi connectivity index (χ2v) is 6.71. The standard InChI is InChI=1S/C15H23N3O/c1-14(2)9-12(10-15(3,4)18-14)17-13(19)11-5-7-16-8-6-11/h5-8,12,18H,9-10H2,1-4H3,(H,17,19). The lowest BCUT2D eigenvalue weighted by Crippen LogP contribution is -2.62. The summed E-state index contributed by atoms with van der Waals surface area (Å²) in [6.07, 6.45) is 5.16. The molecule has 104 valence electrons. The van der Waals surface area contributed by atoms with Gasteiger partial charge in [-0.1, -0.05) is 0 Å². The van der Waals surface area contributed by atoms with Crippen molar-refractivity contribution in [3.05, 3.63) is 30.1 Å². The highest BCUT2D eigenvalue weighted by Crippen LogP contribution is 2.28. The van der Waals surface area contributed by atoms with E-state index in [9.17, 15) is 4.79 Å². The van der Waals surface area contributed by atoms with E-state index < -0.39 is 0 Å². The quantitative estimate of drug-likeness (QED) is 0.857. The van der Waals surface area contributed by atoms with Gasteiger partial charge in [-0.3, -0.25) is 9.78 Å². The number of nitrogens with zero attached hydrogens (tertiary/aromatic N) is 1. The zero-order valence-electron chi connectivity index (χ0n) is 12.2. The van der Waals surface area contributed by atoms with Crippen LogP contribution in [0.15, 0.2) is 24.5 Å². The highest BCUT2D eigenvalue weighted by molar-refractivity contribution is 5.94. The van der Waals surface area contributed by atoms with Crippen LogP contribution in [0.5, 0.6) is 0 Å². The van der Waals surface area contributed by atoms with Crippen LogP contribution in [0.1, 0.15) is 50.9 Å². The number of hydrogen-bond donors (Lipinski definition) is 2. The molecule has 1 aliphatic rings. The Hall–Kier alpha value is -1.42. The monoisotopic (exact) mass is 261 g/mol. The van der Waals surface area contributed by atoms with Crippen molar-refractivity contribution < 1.29 is 4.79 Å². The Kier molecular flexibility index (Phi) is 3.63. The van der Waals surface area contributed by atoms with Crippen molar-refractivity contribution in [1.29, 1.82) is 0 Å². The molecule has 2 heterocycles. The van der Waals surface area contributed by atoms with Crippen LogP contribution in [-0.2, 0) is 0 Å². The minimum absolute atomic E-state index is 0.0131. The van der Waals surface area contributed by atoms with Gasteiger partial charge < -0.3 is 10.6 Å². The molecule has 0 spiro atoms. The normalized spacial score (nSPS) is 21.9. The first-order valence-electron chi connectivity index (χ1n) is 6.78. The fourth-order valence-electron chi connectivity index (χ4n) is 3.20. The van der Waals surface area contributed by atoms with Crippen molar-refractivity contribution >= 4 is 5.91 Å². The Labute approximate surface area is 115 Å². The number of aromatic nitrogens is 1. The van der Waals surface area contributed by atoms with Crippen molar-refractivity contribution in [2.24, 2.45) is 0 Å². The summed E-state index contributed by atoms with van der Waals surface area (Å²) < 4.78 is 0. The Bertz CT molecular complexity index is 438. The molecule has 0 unspecified atom stereocenters. The molecule has 1 aromatic heterocycles. The van der Waals surface area contributed by atoms with E-state index in [0.717, 1.165) is 12.8 Å². The Morgan fingerprint density at radius 1 is 1.21 bits per heavy atom. The summed E-state index contributed by atoms with van der Waals surface area (Å²) in [5, 5.41) is 6.75. The first-order valence-corrected chi connectivity index (χ1v) is 6.78. The topological polar surface area (TPSA) is 54.0 Å². The SMILES string of the molecule is CC1(C)CC(NC(=O)c2ccncc2)CC(C)(C)N1. The zero-order chi connectivity index (χ0) is 14.1. The lowest BCUT2D eigenvalue weighted by Gasteiger charge is -2.46. The Balaban J connectivity index is 2.05. The predicted molar refractivity (Wildman–Crippen MR) is 76.0 cm³/mol. The molecule has 19 heavy (non-hydrogen) atoms. The number of rotatable bonds is 2. The Morgan fingerprint density at radius 2 is 1.74 bits per heavy atom. The minimum Gasteiger partial charge on any atom is -0.349 e. The number of nitrogens with one attached hydrogen (secondary N) is 2. The molecule has 0 aliphatic carbocycles. The smallest absolute Gasteiger partial charge is 0.251 e. The fourth-order valence-corrected chi connectivity index (χ4v) is 3.20. The van der Waals surface area contributed by atoms with Crippen LogP contribution in [0.4, 0.5) is 0 Å². The lowest BCUT2D eigenvalue weighted by molar-refractivity contribution is 0.0873. The van der Waals surface area contributed by atoms with Gasteiger partial charge in [0, 0.05) is 35.1 Å². The number of hydrogen-bond acceptors (Lipinski definition) is 3. The highest BCUT2D eigenvalue weighted by atomic mass is 16.1. The van der Waals surface area contributed by atoms with Gasteiger partial charge >= 0.3 is 0 Å². The van der Waals surface area contributed by atoms with Gasteiger partial charge in [0.2, 0.25) is 0 Å². The second kappa shape index (κ2) is 4.93. The van der Waals surface area contributed by atoms with Crippen LogP contribution in [0.25, 0.3) is 0 Å². The first-order chi connectivity index (χ1) is 8.77. The molecule has 0 aromatic carbocycles. The summed E-state index contributed by atoms with van der Waals surface area (Å²) in [5.41, 5.74) is 0.750. The van der Waals surface area contributed by atoms with Crippen LogP contribution in [0, 0.1) is 0 Å². The molecule has 1 aliphatic heterocycles. The van der Waals surface area contributed by atoms with Crippen molar-refractivity contribution in [3.63, 3.8) is 0 Å². The molecule has 1 amide bonds. The van der Waals surface area contributed by atoms with Crippen molar-refractivity contribution in [1.82, 2.24) is 15.6 Å². The van der Waals surface area contributed by atoms with Crippen LogP contribution >= 0.6 is 0 Å². The van der Waals surface area contributed by atoms with Crippen molar-refractivity contribution in [3.8, 4) is 0 Å². The van der Waals surface area contributed by atoms with Gasteiger partial charge in [-0.25, -0.2) is 0 Å². The summed E-state index contributed by atoms with van der Waals surface area (Å²) in [6.45, 7) is 8.72. The summed E-state index contributed by atoms with van der Waals surface area (Å²) >= 11 is 0. The van der Waals surface area contributed by atoms with Gasteiger partial charge in [0.05, 0.1) is 0 Å². The fraction of sp³-hybridized carbons (Fsp3) is 0.600. The maximum Gasteiger partial charge on any atom is 0.251 e. The molecule has 1 aromatic rings. The lowest BCUT2D eigenvalue weighted by atomic mass is 9.79. The molecule has 4 heteroatoms. The number of carbonyl (C=O) groups excluding carboxylic acids is 1. The van der Waals surface area contributed by atoms with Gasteiger partial charge in [-0.15, -0.1) is 0 Å². The van der Waals surface area contributed by atoms with E-state index in [2.05, 4.69) is 43.3 Å². The van der Waals surface area contributed by atoms with E-state index in [-0.39, 0.29) is 23.0 Å². The summed E-state index contributed by atoms with van der Waals surface area (Å²) in [4.78, 5) is 16.1. The summed E-state index contributed by atoms with van der Waals surface area (Å²) in [6, 6.07) is 3.69. The molecule has 1 fully saturated rings. The van der Waals surface area contributed by atoms with E-state index in [1.54, 1.807) is 24.5 Å². The molecule has 4 nitrogen and oxygen atoms in total. The highest BCUT2D eigenvalue weighted by Gasteiger charge is 2.38. The summed E-state index contributed by atoms with van der Waals surface area (Å²) in [7, 11) is 0. The molecule has 0 atom stereocenters. The molecule has 0 radical (unpaired) electrons. The van der Waals surface area contributed by atoms with E-state index >= 15 is 0 Å². The maximum absolute atomic E-state index is 12.2. The van der Waals surface area contributed by atoms with Gasteiger partial charge in [-0.2, -0.15) is 0 Å². The Morgan fingerprint density at radius 3 is 2.26 bits per heavy atom.